The number of hydrogen-bond acceptors (Lipinski definition) is 6. The Morgan fingerprint density at radius 3 is 2.30 bits per heavy atom. The summed E-state index contributed by atoms with van der Waals surface area (Å²) in [5.41, 5.74) is 0.658. The summed E-state index contributed by atoms with van der Waals surface area (Å²) in [6, 6.07) is 9.11. The maximum atomic E-state index is 13.1. The molecule has 0 aromatic heterocycles. The lowest BCUT2D eigenvalue weighted by molar-refractivity contribution is -0.135. The average molecular weight is 440 g/mol. The van der Waals surface area contributed by atoms with E-state index in [2.05, 4.69) is 0 Å². The minimum absolute atomic E-state index is 0.0250. The molecule has 7 nitrogen and oxygen atoms in total. The van der Waals surface area contributed by atoms with E-state index in [1.165, 1.54) is 13.2 Å². The summed E-state index contributed by atoms with van der Waals surface area (Å²) in [6.07, 6.45) is 0. The molecule has 0 unspecified atom stereocenters. The molecule has 164 valence electrons. The molecule has 9 heteroatoms. The van der Waals surface area contributed by atoms with E-state index in [1.54, 1.807) is 38.0 Å². The number of ether oxygens (including phenoxy) is 2. The molecule has 0 spiro atoms. The van der Waals surface area contributed by atoms with Crippen LogP contribution in [0.25, 0.3) is 0 Å². The molecule has 0 aliphatic heterocycles. The number of carbonyl (C=O) groups excluding carboxylic acids is 1. The number of halogens is 1. The van der Waals surface area contributed by atoms with Crippen molar-refractivity contribution in [1.29, 1.82) is 0 Å². The first kappa shape index (κ1) is 23.6. The molecule has 2 rings (SSSR count). The van der Waals surface area contributed by atoms with Crippen molar-refractivity contribution < 1.29 is 31.3 Å². The molecule has 0 heterocycles. The summed E-state index contributed by atoms with van der Waals surface area (Å²) in [5, 5.41) is 0. The molecule has 0 N–H and O–H groups in total. The summed E-state index contributed by atoms with van der Waals surface area (Å²) < 4.78 is 53.8. The van der Waals surface area contributed by atoms with Crippen LogP contribution in [-0.4, -0.2) is 46.6 Å². The first-order valence-corrected chi connectivity index (χ1v) is 10.7. The second kappa shape index (κ2) is 10.4. The minimum Gasteiger partial charge on any atom is -0.493 e. The maximum Gasteiger partial charge on any atom is 0.339 e. The van der Waals surface area contributed by atoms with E-state index < -0.39 is 15.9 Å². The highest BCUT2D eigenvalue weighted by Gasteiger charge is 2.21. The summed E-state index contributed by atoms with van der Waals surface area (Å²) >= 11 is 0. The fraction of sp³-hybridized carbons (Fsp3) is 0.381. The fourth-order valence-electron chi connectivity index (χ4n) is 2.71. The van der Waals surface area contributed by atoms with E-state index in [-0.39, 0.29) is 34.8 Å². The first-order valence-electron chi connectivity index (χ1n) is 9.32. The lowest BCUT2D eigenvalue weighted by atomic mass is 10.1. The number of carbonyl (C=O) groups is 1. The zero-order valence-corrected chi connectivity index (χ0v) is 18.2. The van der Waals surface area contributed by atoms with Crippen molar-refractivity contribution in [2.24, 2.45) is 5.92 Å². The zero-order valence-electron chi connectivity index (χ0n) is 17.4. The van der Waals surface area contributed by atoms with Gasteiger partial charge >= 0.3 is 10.1 Å². The van der Waals surface area contributed by atoms with E-state index >= 15 is 0 Å². The van der Waals surface area contributed by atoms with E-state index in [0.717, 1.165) is 24.3 Å². The Hall–Kier alpha value is -2.65. The van der Waals surface area contributed by atoms with Gasteiger partial charge in [-0.3, -0.25) is 4.79 Å². The maximum absolute atomic E-state index is 13.1. The molecule has 0 radical (unpaired) electrons. The van der Waals surface area contributed by atoms with Crippen LogP contribution >= 0.6 is 0 Å². The summed E-state index contributed by atoms with van der Waals surface area (Å²) in [5.74, 6) is -0.621. The van der Waals surface area contributed by atoms with Gasteiger partial charge in [-0.1, -0.05) is 19.9 Å². The third-order valence-electron chi connectivity index (χ3n) is 4.27. The van der Waals surface area contributed by atoms with Gasteiger partial charge in [-0.2, -0.15) is 8.42 Å². The predicted molar refractivity (Wildman–Crippen MR) is 109 cm³/mol. The van der Waals surface area contributed by atoms with Crippen molar-refractivity contribution in [3.8, 4) is 11.5 Å². The van der Waals surface area contributed by atoms with Crippen LogP contribution in [0, 0.1) is 11.7 Å². The number of benzene rings is 2. The quantitative estimate of drug-likeness (QED) is 0.529. The summed E-state index contributed by atoms with van der Waals surface area (Å²) in [6.45, 7) is 4.62. The monoisotopic (exact) mass is 439 g/mol. The molecule has 0 aliphatic carbocycles. The number of nitrogens with zero attached hydrogens (tertiary/aromatic N) is 1. The van der Waals surface area contributed by atoms with Gasteiger partial charge in [0, 0.05) is 26.1 Å². The Morgan fingerprint density at radius 1 is 1.07 bits per heavy atom. The van der Waals surface area contributed by atoms with Crippen LogP contribution in [0.1, 0.15) is 19.4 Å². The van der Waals surface area contributed by atoms with Gasteiger partial charge in [0.15, 0.2) is 11.5 Å². The topological polar surface area (TPSA) is 82.1 Å². The number of amides is 1. The Labute approximate surface area is 176 Å². The molecule has 2 aromatic carbocycles. The van der Waals surface area contributed by atoms with Gasteiger partial charge in [0.2, 0.25) is 5.91 Å². The Kier molecular flexibility index (Phi) is 8.19. The molecular weight excluding hydrogens is 413 g/mol. The molecule has 2 aromatic rings. The third kappa shape index (κ3) is 6.17. The van der Waals surface area contributed by atoms with Gasteiger partial charge in [0.25, 0.3) is 0 Å². The molecule has 0 bridgehead atoms. The molecule has 0 saturated heterocycles. The van der Waals surface area contributed by atoms with Gasteiger partial charge in [-0.05, 0) is 42.0 Å². The first-order chi connectivity index (χ1) is 14.2. The van der Waals surface area contributed by atoms with Crippen molar-refractivity contribution in [2.75, 3.05) is 27.4 Å². The lowest BCUT2D eigenvalue weighted by Crippen LogP contribution is -2.36. The largest absolute Gasteiger partial charge is 0.493 e. The summed E-state index contributed by atoms with van der Waals surface area (Å²) in [7, 11) is -1.26. The van der Waals surface area contributed by atoms with Crippen LogP contribution in [0.15, 0.2) is 47.4 Å². The number of hydrogen-bond donors (Lipinski definition) is 0. The zero-order chi connectivity index (χ0) is 22.3. The molecule has 1 amide bonds. The van der Waals surface area contributed by atoms with Crippen molar-refractivity contribution in [3.05, 3.63) is 53.8 Å². The molecule has 0 saturated carbocycles. The van der Waals surface area contributed by atoms with Gasteiger partial charge in [-0.15, -0.1) is 0 Å². The van der Waals surface area contributed by atoms with Crippen molar-refractivity contribution in [2.45, 2.75) is 25.3 Å². The van der Waals surface area contributed by atoms with E-state index in [4.69, 9.17) is 13.7 Å². The molecule has 0 atom stereocenters. The Morgan fingerprint density at radius 2 is 1.73 bits per heavy atom. The average Bonchev–Trinajstić information content (AvgIpc) is 2.70. The highest BCUT2D eigenvalue weighted by Crippen LogP contribution is 2.31. The van der Waals surface area contributed by atoms with Crippen LogP contribution in [0.2, 0.25) is 0 Å². The van der Waals surface area contributed by atoms with E-state index in [9.17, 15) is 17.6 Å². The number of methoxy groups -OCH3 is 2. The SMILES string of the molecule is COCCN(Cc1ccc(OC)c(OS(=O)(=O)c2ccc(F)cc2)c1)C(=O)C(C)C. The highest BCUT2D eigenvalue weighted by atomic mass is 32.2. The smallest absolute Gasteiger partial charge is 0.339 e. The van der Waals surface area contributed by atoms with Gasteiger partial charge in [0.05, 0.1) is 13.7 Å². The second-order valence-corrected chi connectivity index (χ2v) is 8.43. The van der Waals surface area contributed by atoms with Crippen LogP contribution < -0.4 is 8.92 Å². The van der Waals surface area contributed by atoms with Crippen LogP contribution in [-0.2, 0) is 26.2 Å². The van der Waals surface area contributed by atoms with E-state index in [0.29, 0.717) is 18.7 Å². The van der Waals surface area contributed by atoms with Crippen LogP contribution in [0.3, 0.4) is 0 Å². The van der Waals surface area contributed by atoms with Gasteiger partial charge in [-0.25, -0.2) is 4.39 Å². The third-order valence-corrected chi connectivity index (χ3v) is 5.52. The second-order valence-electron chi connectivity index (χ2n) is 6.88. The van der Waals surface area contributed by atoms with E-state index in [1.807, 2.05) is 0 Å². The van der Waals surface area contributed by atoms with Crippen LogP contribution in [0.4, 0.5) is 4.39 Å². The standard InChI is InChI=1S/C21H26FNO6S/c1-15(2)21(24)23(11-12-27-3)14-16-5-10-19(28-4)20(13-16)29-30(25,26)18-8-6-17(22)7-9-18/h5-10,13,15H,11-12,14H2,1-4H3. The van der Waals surface area contributed by atoms with Gasteiger partial charge in [0.1, 0.15) is 10.7 Å². The predicted octanol–water partition coefficient (Wildman–Crippen LogP) is 3.23. The molecular formula is C21H26FNO6S. The van der Waals surface area contributed by atoms with Crippen molar-refractivity contribution in [1.82, 2.24) is 4.90 Å². The van der Waals surface area contributed by atoms with Crippen molar-refractivity contribution >= 4 is 16.0 Å². The van der Waals surface area contributed by atoms with Crippen molar-refractivity contribution in [3.63, 3.8) is 0 Å². The van der Waals surface area contributed by atoms with Gasteiger partial charge < -0.3 is 18.6 Å². The normalized spacial score (nSPS) is 11.4. The fourth-order valence-corrected chi connectivity index (χ4v) is 3.64. The molecule has 0 fully saturated rings. The molecule has 30 heavy (non-hydrogen) atoms. The highest BCUT2D eigenvalue weighted by molar-refractivity contribution is 7.87. The Balaban J connectivity index is 2.31. The minimum atomic E-state index is -4.20. The van der Waals surface area contributed by atoms with Crippen LogP contribution in [0.5, 0.6) is 11.5 Å². The summed E-state index contributed by atoms with van der Waals surface area (Å²) in [4.78, 5) is 13.9. The number of rotatable bonds is 10. The lowest BCUT2D eigenvalue weighted by Gasteiger charge is -2.25. The Bertz CT molecular complexity index is 960. The molecule has 0 aliphatic rings.